The van der Waals surface area contributed by atoms with Gasteiger partial charge >= 0.3 is 24.6 Å². The Hall–Kier alpha value is -0.860. The number of hydrogen-bond donors (Lipinski definition) is 1. The van der Waals surface area contributed by atoms with Crippen LogP contribution in [0.15, 0.2) is 0 Å². The van der Waals surface area contributed by atoms with Gasteiger partial charge in [-0.2, -0.15) is 13.2 Å². The third-order valence-electron chi connectivity index (χ3n) is 1.18. The van der Waals surface area contributed by atoms with Gasteiger partial charge < -0.3 is 5.11 Å². The van der Waals surface area contributed by atoms with Gasteiger partial charge in [-0.3, -0.25) is 4.79 Å². The number of ketones is 1. The fourth-order valence-corrected chi connectivity index (χ4v) is 0.432. The van der Waals surface area contributed by atoms with Gasteiger partial charge in [-0.15, -0.1) is 0 Å². The Labute approximate surface area is 72.3 Å². The maximum atomic E-state index is 12.1. The lowest BCUT2D eigenvalue weighted by molar-refractivity contribution is -0.227. The number of Topliss-reactive ketones (excluding diaryl/α,β-unsaturated/α-hetero) is 1. The van der Waals surface area contributed by atoms with Crippen molar-refractivity contribution in [3.05, 3.63) is 0 Å². The molecule has 0 aliphatic carbocycles. The molecule has 0 spiro atoms. The average molecular weight is 228 g/mol. The molecule has 14 heavy (non-hydrogen) atoms. The second-order valence-corrected chi connectivity index (χ2v) is 2.23. The molecule has 0 amide bonds. The van der Waals surface area contributed by atoms with Gasteiger partial charge in [-0.1, -0.05) is 0 Å². The van der Waals surface area contributed by atoms with Crippen molar-refractivity contribution < 1.29 is 40.6 Å². The Morgan fingerprint density at radius 2 is 1.36 bits per heavy atom. The van der Waals surface area contributed by atoms with E-state index in [9.17, 15) is 35.5 Å². The van der Waals surface area contributed by atoms with Crippen LogP contribution >= 0.6 is 0 Å². The predicted octanol–water partition coefficient (Wildman–Crippen LogP) is 1.38. The van der Waals surface area contributed by atoms with E-state index in [0.717, 1.165) is 0 Å². The van der Waals surface area contributed by atoms with Crippen LogP contribution < -0.4 is 0 Å². The van der Waals surface area contributed by atoms with Crippen LogP contribution in [-0.4, -0.2) is 35.5 Å². The lowest BCUT2D eigenvalue weighted by Crippen LogP contribution is -2.53. The van der Waals surface area contributed by atoms with E-state index in [1.54, 1.807) is 0 Å². The summed E-state index contributed by atoms with van der Waals surface area (Å²) in [6.07, 6.45) is -9.20. The third-order valence-corrected chi connectivity index (χ3v) is 1.18. The fraction of sp³-hybridized carbons (Fsp3) is 0.800. The zero-order valence-corrected chi connectivity index (χ0v) is 6.16. The summed E-state index contributed by atoms with van der Waals surface area (Å²) < 4.78 is 81.6. The lowest BCUT2D eigenvalue weighted by atomic mass is 10.1. The molecule has 1 atom stereocenters. The number of halogens is 7. The Morgan fingerprint density at radius 1 is 1.00 bits per heavy atom. The monoisotopic (exact) mass is 228 g/mol. The highest BCUT2D eigenvalue weighted by molar-refractivity contribution is 5.92. The summed E-state index contributed by atoms with van der Waals surface area (Å²) in [5.74, 6) is -14.5. The van der Waals surface area contributed by atoms with Gasteiger partial charge in [0.05, 0.1) is 0 Å². The van der Waals surface area contributed by atoms with E-state index in [1.807, 2.05) is 0 Å². The van der Waals surface area contributed by atoms with Crippen LogP contribution in [0.2, 0.25) is 0 Å². The first-order chi connectivity index (χ1) is 6.04. The van der Waals surface area contributed by atoms with Crippen molar-refractivity contribution in [2.24, 2.45) is 0 Å². The van der Waals surface area contributed by atoms with Crippen molar-refractivity contribution in [3.8, 4) is 0 Å². The minimum atomic E-state index is -5.65. The summed E-state index contributed by atoms with van der Waals surface area (Å²) in [6.45, 7) is 0. The summed E-state index contributed by atoms with van der Waals surface area (Å²) in [5, 5.41) is 7.87. The van der Waals surface area contributed by atoms with Crippen molar-refractivity contribution in [3.63, 3.8) is 0 Å². The SMILES string of the molecule is O=C(C(O)(F)C(F)F)C(F)(F)C(F)F. The van der Waals surface area contributed by atoms with E-state index in [1.165, 1.54) is 0 Å². The number of alkyl halides is 7. The van der Waals surface area contributed by atoms with Crippen LogP contribution in [0.4, 0.5) is 30.7 Å². The largest absolute Gasteiger partial charge is 0.370 e. The Kier molecular flexibility index (Phi) is 3.49. The molecule has 0 heterocycles. The molecule has 9 heteroatoms. The summed E-state index contributed by atoms with van der Waals surface area (Å²) >= 11 is 0. The second-order valence-electron chi connectivity index (χ2n) is 2.23. The van der Waals surface area contributed by atoms with Gasteiger partial charge in [-0.25, -0.2) is 17.6 Å². The van der Waals surface area contributed by atoms with E-state index < -0.39 is 30.4 Å². The molecule has 0 aliphatic rings. The van der Waals surface area contributed by atoms with Gasteiger partial charge in [0.15, 0.2) is 0 Å². The first kappa shape index (κ1) is 13.1. The van der Waals surface area contributed by atoms with E-state index in [2.05, 4.69) is 0 Å². The first-order valence-electron chi connectivity index (χ1n) is 2.94. The third kappa shape index (κ3) is 2.14. The molecule has 0 aromatic rings. The fourth-order valence-electron chi connectivity index (χ4n) is 0.432. The van der Waals surface area contributed by atoms with Crippen LogP contribution in [0, 0.1) is 0 Å². The Balaban J connectivity index is 4.96. The van der Waals surface area contributed by atoms with Crippen molar-refractivity contribution in [2.75, 3.05) is 0 Å². The quantitative estimate of drug-likeness (QED) is 0.738. The molecule has 2 nitrogen and oxygen atoms in total. The number of carbonyl (C=O) groups is 1. The van der Waals surface area contributed by atoms with Crippen molar-refractivity contribution in [2.45, 2.75) is 24.6 Å². The van der Waals surface area contributed by atoms with Gasteiger partial charge in [0.25, 0.3) is 5.78 Å². The van der Waals surface area contributed by atoms with Crippen LogP contribution in [0.1, 0.15) is 0 Å². The standard InChI is InChI=1S/C5H3F7O2/c6-2(7)4(10,11)1(13)5(12,14)3(8)9/h2-3,14H. The lowest BCUT2D eigenvalue weighted by Gasteiger charge is -2.21. The molecule has 1 unspecified atom stereocenters. The van der Waals surface area contributed by atoms with Crippen molar-refractivity contribution >= 4 is 5.78 Å². The molecule has 0 bridgehead atoms. The number of aliphatic hydroxyl groups is 1. The first-order valence-corrected chi connectivity index (χ1v) is 2.94. The summed E-state index contributed by atoms with van der Waals surface area (Å²) in [7, 11) is 0. The minimum absolute atomic E-state index is 3.56. The predicted molar refractivity (Wildman–Crippen MR) is 28.0 cm³/mol. The van der Waals surface area contributed by atoms with E-state index in [-0.39, 0.29) is 0 Å². The van der Waals surface area contributed by atoms with Crippen molar-refractivity contribution in [1.82, 2.24) is 0 Å². The van der Waals surface area contributed by atoms with Gasteiger partial charge in [-0.05, 0) is 0 Å². The highest BCUT2D eigenvalue weighted by Gasteiger charge is 2.62. The summed E-state index contributed by atoms with van der Waals surface area (Å²) in [5.41, 5.74) is 0. The number of rotatable bonds is 4. The highest BCUT2D eigenvalue weighted by Crippen LogP contribution is 2.32. The van der Waals surface area contributed by atoms with Crippen LogP contribution in [0.5, 0.6) is 0 Å². The maximum absolute atomic E-state index is 12.1. The normalized spacial score (nSPS) is 17.3. The van der Waals surface area contributed by atoms with Gasteiger partial charge in [0.2, 0.25) is 0 Å². The molecule has 0 saturated carbocycles. The smallest absolute Gasteiger partial charge is 0.351 e. The molecular formula is C5H3F7O2. The Morgan fingerprint density at radius 3 is 1.57 bits per heavy atom. The maximum Gasteiger partial charge on any atom is 0.370 e. The topological polar surface area (TPSA) is 37.3 Å². The summed E-state index contributed by atoms with van der Waals surface area (Å²) in [4.78, 5) is 10.0. The van der Waals surface area contributed by atoms with Crippen molar-refractivity contribution in [1.29, 1.82) is 0 Å². The Bertz CT molecular complexity index is 202. The van der Waals surface area contributed by atoms with E-state index in [4.69, 9.17) is 5.11 Å². The molecule has 0 rings (SSSR count). The second kappa shape index (κ2) is 3.71. The molecule has 1 N–H and O–H groups in total. The average Bonchev–Trinajstić information content (AvgIpc) is 2.02. The van der Waals surface area contributed by atoms with E-state index in [0.29, 0.717) is 0 Å². The zero-order chi connectivity index (χ0) is 11.7. The molecule has 0 fully saturated rings. The van der Waals surface area contributed by atoms with Crippen LogP contribution in [0.3, 0.4) is 0 Å². The zero-order valence-electron chi connectivity index (χ0n) is 6.16. The molecule has 0 saturated heterocycles. The van der Waals surface area contributed by atoms with Gasteiger partial charge in [0.1, 0.15) is 0 Å². The number of carbonyl (C=O) groups excluding carboxylic acids is 1. The molecule has 0 radical (unpaired) electrons. The van der Waals surface area contributed by atoms with Crippen LogP contribution in [0.25, 0.3) is 0 Å². The molecule has 0 aliphatic heterocycles. The summed E-state index contributed by atoms with van der Waals surface area (Å²) in [6, 6.07) is 0. The highest BCUT2D eigenvalue weighted by atomic mass is 19.3. The molecule has 0 aromatic heterocycles. The molecular weight excluding hydrogens is 225 g/mol. The number of hydrogen-bond acceptors (Lipinski definition) is 2. The van der Waals surface area contributed by atoms with Gasteiger partial charge in [0, 0.05) is 0 Å². The van der Waals surface area contributed by atoms with Crippen LogP contribution in [-0.2, 0) is 4.79 Å². The molecule has 0 aromatic carbocycles. The minimum Gasteiger partial charge on any atom is -0.351 e. The van der Waals surface area contributed by atoms with E-state index >= 15 is 0 Å². The molecule has 84 valence electrons.